The Morgan fingerprint density at radius 1 is 1.56 bits per heavy atom. The first kappa shape index (κ1) is 11.7. The predicted molar refractivity (Wildman–Crippen MR) is 65.7 cm³/mol. The number of hydrogen-bond acceptors (Lipinski definition) is 2. The smallest absolute Gasteiger partial charge is 0.257 e. The molecule has 1 saturated heterocycles. The van der Waals surface area contributed by atoms with Crippen LogP contribution < -0.4 is 0 Å². The molecule has 0 saturated carbocycles. The standard InChI is InChI=1S/C12H16BrNO2/c1-9(13)10-2-5-14(6-3-10)12(15)11-4-7-16-8-11/h4,7-10H,2-3,5-6H2,1H3. The van der Waals surface area contributed by atoms with Gasteiger partial charge in [-0.05, 0) is 24.8 Å². The molecule has 1 aliphatic heterocycles. The fraction of sp³-hybridized carbons (Fsp3) is 0.583. The minimum atomic E-state index is 0.0921. The quantitative estimate of drug-likeness (QED) is 0.783. The van der Waals surface area contributed by atoms with Crippen molar-refractivity contribution in [2.75, 3.05) is 13.1 Å². The maximum atomic E-state index is 12.0. The number of hydrogen-bond donors (Lipinski definition) is 0. The minimum Gasteiger partial charge on any atom is -0.472 e. The largest absolute Gasteiger partial charge is 0.472 e. The van der Waals surface area contributed by atoms with Crippen LogP contribution in [0, 0.1) is 5.92 Å². The Morgan fingerprint density at radius 3 is 2.75 bits per heavy atom. The van der Waals surface area contributed by atoms with Crippen LogP contribution in [0.1, 0.15) is 30.1 Å². The van der Waals surface area contributed by atoms with Gasteiger partial charge in [-0.25, -0.2) is 0 Å². The molecule has 16 heavy (non-hydrogen) atoms. The summed E-state index contributed by atoms with van der Waals surface area (Å²) in [5.74, 6) is 0.780. The van der Waals surface area contributed by atoms with Crippen molar-refractivity contribution in [2.45, 2.75) is 24.6 Å². The summed E-state index contributed by atoms with van der Waals surface area (Å²) < 4.78 is 4.93. The maximum Gasteiger partial charge on any atom is 0.257 e. The van der Waals surface area contributed by atoms with Crippen molar-refractivity contribution < 1.29 is 9.21 Å². The lowest BCUT2D eigenvalue weighted by atomic mass is 9.94. The summed E-state index contributed by atoms with van der Waals surface area (Å²) in [6.45, 7) is 3.88. The average molecular weight is 286 g/mol. The van der Waals surface area contributed by atoms with E-state index in [0.29, 0.717) is 16.3 Å². The molecule has 2 heterocycles. The molecule has 0 aliphatic carbocycles. The minimum absolute atomic E-state index is 0.0921. The van der Waals surface area contributed by atoms with Crippen molar-refractivity contribution in [3.05, 3.63) is 24.2 Å². The van der Waals surface area contributed by atoms with E-state index < -0.39 is 0 Å². The van der Waals surface area contributed by atoms with E-state index in [1.807, 2.05) is 4.90 Å². The number of alkyl halides is 1. The highest BCUT2D eigenvalue weighted by Gasteiger charge is 2.25. The molecule has 0 radical (unpaired) electrons. The number of carbonyl (C=O) groups is 1. The number of halogens is 1. The van der Waals surface area contributed by atoms with Gasteiger partial charge in [0, 0.05) is 17.9 Å². The molecule has 1 atom stereocenters. The number of likely N-dealkylation sites (tertiary alicyclic amines) is 1. The highest BCUT2D eigenvalue weighted by molar-refractivity contribution is 9.09. The molecule has 88 valence electrons. The van der Waals surface area contributed by atoms with Gasteiger partial charge >= 0.3 is 0 Å². The van der Waals surface area contributed by atoms with Crippen molar-refractivity contribution in [2.24, 2.45) is 5.92 Å². The Morgan fingerprint density at radius 2 is 2.25 bits per heavy atom. The summed E-state index contributed by atoms with van der Waals surface area (Å²) in [4.78, 5) is 14.4. The van der Waals surface area contributed by atoms with Crippen LogP contribution in [0.3, 0.4) is 0 Å². The molecule has 1 amide bonds. The molecule has 1 aromatic rings. The van der Waals surface area contributed by atoms with Gasteiger partial charge in [-0.2, -0.15) is 0 Å². The van der Waals surface area contributed by atoms with Crippen LogP contribution in [0.5, 0.6) is 0 Å². The Bertz CT molecular complexity index is 340. The Balaban J connectivity index is 1.92. The van der Waals surface area contributed by atoms with E-state index in [4.69, 9.17) is 4.42 Å². The van der Waals surface area contributed by atoms with E-state index in [2.05, 4.69) is 22.9 Å². The lowest BCUT2D eigenvalue weighted by Crippen LogP contribution is -2.39. The lowest BCUT2D eigenvalue weighted by molar-refractivity contribution is 0.0691. The van der Waals surface area contributed by atoms with Crippen molar-refractivity contribution in [1.29, 1.82) is 0 Å². The first-order valence-corrected chi connectivity index (χ1v) is 6.55. The monoisotopic (exact) mass is 285 g/mol. The van der Waals surface area contributed by atoms with Gasteiger partial charge in [-0.3, -0.25) is 4.79 Å². The molecule has 0 spiro atoms. The number of carbonyl (C=O) groups excluding carboxylic acids is 1. The van der Waals surface area contributed by atoms with Crippen molar-refractivity contribution >= 4 is 21.8 Å². The van der Waals surface area contributed by atoms with Crippen LogP contribution in [0.25, 0.3) is 0 Å². The van der Waals surface area contributed by atoms with Gasteiger partial charge in [0.25, 0.3) is 5.91 Å². The van der Waals surface area contributed by atoms with E-state index in [9.17, 15) is 4.79 Å². The second-order valence-electron chi connectivity index (χ2n) is 4.32. The zero-order valence-electron chi connectivity index (χ0n) is 9.36. The van der Waals surface area contributed by atoms with E-state index in [0.717, 1.165) is 25.9 Å². The van der Waals surface area contributed by atoms with Crippen LogP contribution in [-0.4, -0.2) is 28.7 Å². The molecule has 1 aliphatic rings. The molecular weight excluding hydrogens is 270 g/mol. The molecular formula is C12H16BrNO2. The van der Waals surface area contributed by atoms with Crippen LogP contribution in [0.4, 0.5) is 0 Å². The summed E-state index contributed by atoms with van der Waals surface area (Å²) in [5, 5.41) is 0. The zero-order valence-corrected chi connectivity index (χ0v) is 10.9. The van der Waals surface area contributed by atoms with Crippen molar-refractivity contribution in [1.82, 2.24) is 4.90 Å². The molecule has 1 aromatic heterocycles. The maximum absolute atomic E-state index is 12.0. The number of nitrogens with zero attached hydrogens (tertiary/aromatic N) is 1. The van der Waals surface area contributed by atoms with E-state index in [1.165, 1.54) is 6.26 Å². The normalized spacial score (nSPS) is 19.8. The second-order valence-corrected chi connectivity index (χ2v) is 5.76. The number of furan rings is 1. The van der Waals surface area contributed by atoms with Gasteiger partial charge in [-0.1, -0.05) is 22.9 Å². The van der Waals surface area contributed by atoms with Gasteiger partial charge in [0.1, 0.15) is 6.26 Å². The SMILES string of the molecule is CC(Br)C1CCN(C(=O)c2ccoc2)CC1. The number of amides is 1. The van der Waals surface area contributed by atoms with Crippen LogP contribution in [-0.2, 0) is 0 Å². The number of piperidine rings is 1. The fourth-order valence-electron chi connectivity index (χ4n) is 2.13. The molecule has 2 rings (SSSR count). The van der Waals surface area contributed by atoms with E-state index in [1.54, 1.807) is 12.3 Å². The van der Waals surface area contributed by atoms with Crippen molar-refractivity contribution in [3.63, 3.8) is 0 Å². The summed E-state index contributed by atoms with van der Waals surface area (Å²) in [7, 11) is 0. The summed E-state index contributed by atoms with van der Waals surface area (Å²) in [6, 6.07) is 1.72. The molecule has 1 unspecified atom stereocenters. The van der Waals surface area contributed by atoms with Gasteiger partial charge < -0.3 is 9.32 Å². The predicted octanol–water partition coefficient (Wildman–Crippen LogP) is 2.92. The topological polar surface area (TPSA) is 33.5 Å². The van der Waals surface area contributed by atoms with Gasteiger partial charge in [-0.15, -0.1) is 0 Å². The second kappa shape index (κ2) is 5.04. The van der Waals surface area contributed by atoms with Crippen LogP contribution >= 0.6 is 15.9 Å². The molecule has 1 fully saturated rings. The van der Waals surface area contributed by atoms with Gasteiger partial charge in [0.05, 0.1) is 11.8 Å². The van der Waals surface area contributed by atoms with Gasteiger partial charge in [0.15, 0.2) is 0 Å². The first-order chi connectivity index (χ1) is 7.68. The van der Waals surface area contributed by atoms with Crippen molar-refractivity contribution in [3.8, 4) is 0 Å². The summed E-state index contributed by atoms with van der Waals surface area (Å²) in [6.07, 6.45) is 5.22. The zero-order chi connectivity index (χ0) is 11.5. The van der Waals surface area contributed by atoms with E-state index >= 15 is 0 Å². The average Bonchev–Trinajstić information content (AvgIpc) is 2.81. The third-order valence-electron chi connectivity index (χ3n) is 3.24. The summed E-state index contributed by atoms with van der Waals surface area (Å²) >= 11 is 3.61. The lowest BCUT2D eigenvalue weighted by Gasteiger charge is -2.33. The third kappa shape index (κ3) is 2.48. The Labute approximate surface area is 104 Å². The molecule has 4 heteroatoms. The molecule has 3 nitrogen and oxygen atoms in total. The highest BCUT2D eigenvalue weighted by atomic mass is 79.9. The molecule has 0 bridgehead atoms. The van der Waals surface area contributed by atoms with Gasteiger partial charge in [0.2, 0.25) is 0 Å². The van der Waals surface area contributed by atoms with E-state index in [-0.39, 0.29) is 5.91 Å². The third-order valence-corrected chi connectivity index (χ3v) is 3.99. The fourth-order valence-corrected chi connectivity index (χ4v) is 2.66. The Kier molecular flexibility index (Phi) is 3.69. The molecule has 0 N–H and O–H groups in total. The first-order valence-electron chi connectivity index (χ1n) is 5.64. The molecule has 0 aromatic carbocycles. The Hall–Kier alpha value is -0.770. The van der Waals surface area contributed by atoms with Crippen LogP contribution in [0.15, 0.2) is 23.0 Å². The summed E-state index contributed by atoms with van der Waals surface area (Å²) in [5.41, 5.74) is 0.658. The van der Waals surface area contributed by atoms with Crippen LogP contribution in [0.2, 0.25) is 0 Å². The number of rotatable bonds is 2. The highest BCUT2D eigenvalue weighted by Crippen LogP contribution is 2.25.